The molecule has 1 fully saturated rings. The molecule has 1 aromatic carbocycles. The molecule has 4 nitrogen and oxygen atoms in total. The summed E-state index contributed by atoms with van der Waals surface area (Å²) in [5.74, 6) is 0. The Hall–Kier alpha value is -1.26. The smallest absolute Gasteiger partial charge is 0.319 e. The summed E-state index contributed by atoms with van der Waals surface area (Å²) in [4.78, 5) is 11.6. The predicted octanol–water partition coefficient (Wildman–Crippen LogP) is 1.82. The van der Waals surface area contributed by atoms with Gasteiger partial charge in [0.15, 0.2) is 0 Å². The van der Waals surface area contributed by atoms with E-state index >= 15 is 0 Å². The molecule has 5 heteroatoms. The summed E-state index contributed by atoms with van der Waals surface area (Å²) in [6, 6.07) is 7.13. The highest BCUT2D eigenvalue weighted by Crippen LogP contribution is 2.14. The molecule has 1 aromatic rings. The zero-order chi connectivity index (χ0) is 11.4. The van der Waals surface area contributed by atoms with Crippen LogP contribution < -0.4 is 16.0 Å². The Balaban J connectivity index is 1.86. The van der Waals surface area contributed by atoms with Crippen LogP contribution in [-0.4, -0.2) is 25.2 Å². The molecule has 0 saturated carbocycles. The second-order valence-corrected chi connectivity index (χ2v) is 4.23. The van der Waals surface area contributed by atoms with E-state index in [2.05, 4.69) is 16.0 Å². The number of carbonyl (C=O) groups excluding carboxylic acids is 1. The van der Waals surface area contributed by atoms with Crippen LogP contribution in [0.2, 0.25) is 5.02 Å². The van der Waals surface area contributed by atoms with Gasteiger partial charge in [0, 0.05) is 23.3 Å². The topological polar surface area (TPSA) is 53.2 Å². The average molecular weight is 240 g/mol. The lowest BCUT2D eigenvalue weighted by Crippen LogP contribution is -2.39. The van der Waals surface area contributed by atoms with E-state index < -0.39 is 0 Å². The fraction of sp³-hybridized carbons (Fsp3) is 0.364. The molecule has 2 amide bonds. The first kappa shape index (κ1) is 11.2. The molecule has 2 rings (SSSR count). The van der Waals surface area contributed by atoms with Crippen LogP contribution in [0, 0.1) is 0 Å². The van der Waals surface area contributed by atoms with Gasteiger partial charge in [0.1, 0.15) is 0 Å². The molecule has 1 atom stereocenters. The van der Waals surface area contributed by atoms with Crippen molar-refractivity contribution in [1.29, 1.82) is 0 Å². The maximum absolute atomic E-state index is 11.6. The van der Waals surface area contributed by atoms with Crippen LogP contribution in [0.15, 0.2) is 24.3 Å². The van der Waals surface area contributed by atoms with Gasteiger partial charge in [0.25, 0.3) is 0 Å². The Bertz CT molecular complexity index is 377. The largest absolute Gasteiger partial charge is 0.334 e. The van der Waals surface area contributed by atoms with Crippen LogP contribution in [0.4, 0.5) is 10.5 Å². The predicted molar refractivity (Wildman–Crippen MR) is 64.9 cm³/mol. The molecule has 0 radical (unpaired) electrons. The minimum absolute atomic E-state index is 0.184. The van der Waals surface area contributed by atoms with E-state index in [-0.39, 0.29) is 12.1 Å². The fourth-order valence-electron chi connectivity index (χ4n) is 1.70. The second-order valence-electron chi connectivity index (χ2n) is 3.80. The summed E-state index contributed by atoms with van der Waals surface area (Å²) in [5.41, 5.74) is 0.705. The van der Waals surface area contributed by atoms with Gasteiger partial charge in [-0.3, -0.25) is 0 Å². The molecule has 0 aromatic heterocycles. The van der Waals surface area contributed by atoms with E-state index in [0.29, 0.717) is 10.7 Å². The second kappa shape index (κ2) is 5.18. The van der Waals surface area contributed by atoms with E-state index in [0.717, 1.165) is 19.5 Å². The summed E-state index contributed by atoms with van der Waals surface area (Å²) < 4.78 is 0. The summed E-state index contributed by atoms with van der Waals surface area (Å²) in [5, 5.41) is 9.44. The number of hydrogen-bond donors (Lipinski definition) is 3. The van der Waals surface area contributed by atoms with Crippen molar-refractivity contribution in [3.05, 3.63) is 29.3 Å². The molecule has 3 N–H and O–H groups in total. The van der Waals surface area contributed by atoms with Crippen LogP contribution in [-0.2, 0) is 0 Å². The van der Waals surface area contributed by atoms with Gasteiger partial charge in [-0.2, -0.15) is 0 Å². The minimum atomic E-state index is -0.184. The van der Waals surface area contributed by atoms with Crippen LogP contribution in [0.25, 0.3) is 0 Å². The van der Waals surface area contributed by atoms with E-state index in [1.807, 2.05) is 0 Å². The Kier molecular flexibility index (Phi) is 3.64. The molecule has 0 bridgehead atoms. The quantitative estimate of drug-likeness (QED) is 0.738. The van der Waals surface area contributed by atoms with Gasteiger partial charge in [0.05, 0.1) is 0 Å². The third kappa shape index (κ3) is 3.12. The van der Waals surface area contributed by atoms with Crippen molar-refractivity contribution in [2.24, 2.45) is 0 Å². The highest BCUT2D eigenvalue weighted by atomic mass is 35.5. The Morgan fingerprint density at radius 1 is 1.50 bits per heavy atom. The van der Waals surface area contributed by atoms with Crippen molar-refractivity contribution in [2.75, 3.05) is 18.4 Å². The number of anilines is 1. The van der Waals surface area contributed by atoms with Gasteiger partial charge in [-0.25, -0.2) is 4.79 Å². The first-order valence-electron chi connectivity index (χ1n) is 5.28. The normalized spacial score (nSPS) is 19.4. The van der Waals surface area contributed by atoms with Gasteiger partial charge >= 0.3 is 6.03 Å². The van der Waals surface area contributed by atoms with Crippen LogP contribution in [0.5, 0.6) is 0 Å². The van der Waals surface area contributed by atoms with Crippen molar-refractivity contribution in [1.82, 2.24) is 10.6 Å². The summed E-state index contributed by atoms with van der Waals surface area (Å²) >= 11 is 5.82. The number of benzene rings is 1. The number of nitrogens with one attached hydrogen (secondary N) is 3. The molecule has 1 heterocycles. The van der Waals surface area contributed by atoms with E-state index in [1.54, 1.807) is 24.3 Å². The van der Waals surface area contributed by atoms with Crippen molar-refractivity contribution in [3.8, 4) is 0 Å². The lowest BCUT2D eigenvalue weighted by molar-refractivity contribution is 0.249. The number of urea groups is 1. The molecule has 1 saturated heterocycles. The molecule has 0 aliphatic carbocycles. The maximum Gasteiger partial charge on any atom is 0.319 e. The minimum Gasteiger partial charge on any atom is -0.334 e. The molecule has 0 unspecified atom stereocenters. The van der Waals surface area contributed by atoms with Crippen molar-refractivity contribution < 1.29 is 4.79 Å². The zero-order valence-electron chi connectivity index (χ0n) is 8.79. The van der Waals surface area contributed by atoms with Gasteiger partial charge in [-0.15, -0.1) is 0 Å². The van der Waals surface area contributed by atoms with Gasteiger partial charge in [0.2, 0.25) is 0 Å². The van der Waals surface area contributed by atoms with E-state index in [1.165, 1.54) is 0 Å². The molecule has 0 spiro atoms. The highest BCUT2D eigenvalue weighted by molar-refractivity contribution is 6.30. The summed E-state index contributed by atoms with van der Waals surface area (Å²) in [6.07, 6.45) is 0.975. The summed E-state index contributed by atoms with van der Waals surface area (Å²) in [7, 11) is 0. The first-order chi connectivity index (χ1) is 7.74. The van der Waals surface area contributed by atoms with Crippen LogP contribution in [0.3, 0.4) is 0 Å². The number of halogens is 1. The molecule has 16 heavy (non-hydrogen) atoms. The Labute approximate surface area is 99.4 Å². The van der Waals surface area contributed by atoms with Gasteiger partial charge < -0.3 is 16.0 Å². The first-order valence-corrected chi connectivity index (χ1v) is 5.65. The molecule has 86 valence electrons. The fourth-order valence-corrected chi connectivity index (χ4v) is 1.89. The number of amides is 2. The van der Waals surface area contributed by atoms with Gasteiger partial charge in [-0.1, -0.05) is 17.7 Å². The standard InChI is InChI=1S/C11H14ClN3O/c12-8-2-1-3-9(6-8)14-11(16)15-10-4-5-13-7-10/h1-3,6,10,13H,4-5,7H2,(H2,14,15,16)/t10-/m1/s1. The highest BCUT2D eigenvalue weighted by Gasteiger charge is 2.16. The molecular formula is C11H14ClN3O. The van der Waals surface area contributed by atoms with E-state index in [9.17, 15) is 4.79 Å². The number of carbonyl (C=O) groups is 1. The molecular weight excluding hydrogens is 226 g/mol. The number of rotatable bonds is 2. The average Bonchev–Trinajstić information content (AvgIpc) is 2.70. The van der Waals surface area contributed by atoms with Crippen LogP contribution >= 0.6 is 11.6 Å². The monoisotopic (exact) mass is 239 g/mol. The Morgan fingerprint density at radius 2 is 2.38 bits per heavy atom. The van der Waals surface area contributed by atoms with Crippen molar-refractivity contribution >= 4 is 23.3 Å². The number of hydrogen-bond acceptors (Lipinski definition) is 2. The Morgan fingerprint density at radius 3 is 3.06 bits per heavy atom. The molecule has 1 aliphatic heterocycles. The van der Waals surface area contributed by atoms with Gasteiger partial charge in [-0.05, 0) is 31.2 Å². The van der Waals surface area contributed by atoms with E-state index in [4.69, 9.17) is 11.6 Å². The summed E-state index contributed by atoms with van der Waals surface area (Å²) in [6.45, 7) is 1.80. The van der Waals surface area contributed by atoms with Crippen LogP contribution in [0.1, 0.15) is 6.42 Å². The lowest BCUT2D eigenvalue weighted by Gasteiger charge is -2.12. The third-order valence-corrected chi connectivity index (χ3v) is 2.71. The lowest BCUT2D eigenvalue weighted by atomic mass is 10.3. The van der Waals surface area contributed by atoms with Crippen molar-refractivity contribution in [3.63, 3.8) is 0 Å². The van der Waals surface area contributed by atoms with Crippen molar-refractivity contribution in [2.45, 2.75) is 12.5 Å². The SMILES string of the molecule is O=C(Nc1cccc(Cl)c1)N[C@@H]1CCNC1. The maximum atomic E-state index is 11.6. The zero-order valence-corrected chi connectivity index (χ0v) is 9.55. The third-order valence-electron chi connectivity index (χ3n) is 2.48. The molecule has 1 aliphatic rings.